The highest BCUT2D eigenvalue weighted by atomic mass is 16.7. The average molecular weight is 284 g/mol. The van der Waals surface area contributed by atoms with E-state index in [2.05, 4.69) is 10.7 Å². The van der Waals surface area contributed by atoms with Crippen LogP contribution in [0, 0.1) is 12.3 Å². The maximum atomic E-state index is 11.0. The maximum Gasteiger partial charge on any atom is 0.333 e. The number of terminal acetylenes is 1. The van der Waals surface area contributed by atoms with Gasteiger partial charge in [0.15, 0.2) is 0 Å². The number of carbonyl (C=O) groups excluding carboxylic acids is 1. The smallest absolute Gasteiger partial charge is 0.333 e. The number of rotatable bonds is 7. The Morgan fingerprint density at radius 1 is 1.55 bits per heavy atom. The summed E-state index contributed by atoms with van der Waals surface area (Å²) in [5, 5.41) is 0. The Morgan fingerprint density at radius 3 is 3.00 bits per heavy atom. The largest absolute Gasteiger partial charge is 0.495 e. The Kier molecular flexibility index (Phi) is 7.73. The van der Waals surface area contributed by atoms with Gasteiger partial charge >= 0.3 is 5.97 Å². The van der Waals surface area contributed by atoms with E-state index in [0.29, 0.717) is 6.61 Å². The highest BCUT2D eigenvalue weighted by Crippen LogP contribution is 2.22. The lowest BCUT2D eigenvalue weighted by atomic mass is 10.0. The van der Waals surface area contributed by atoms with Gasteiger partial charge in [0.1, 0.15) is 25.1 Å². The van der Waals surface area contributed by atoms with Crippen molar-refractivity contribution in [3.8, 4) is 12.3 Å². The van der Waals surface area contributed by atoms with Crippen LogP contribution in [0.4, 0.5) is 0 Å². The van der Waals surface area contributed by atoms with Crippen LogP contribution in [0.15, 0.2) is 12.3 Å². The van der Waals surface area contributed by atoms with E-state index < -0.39 is 18.2 Å². The van der Waals surface area contributed by atoms with Crippen molar-refractivity contribution in [2.75, 3.05) is 27.6 Å². The van der Waals surface area contributed by atoms with Crippen molar-refractivity contribution in [3.63, 3.8) is 0 Å². The fourth-order valence-corrected chi connectivity index (χ4v) is 1.85. The van der Waals surface area contributed by atoms with Crippen LogP contribution in [-0.2, 0) is 28.5 Å². The van der Waals surface area contributed by atoms with Gasteiger partial charge in [0.25, 0.3) is 0 Å². The second kappa shape index (κ2) is 9.37. The average Bonchev–Trinajstić information content (AvgIpc) is 2.49. The highest BCUT2D eigenvalue weighted by Gasteiger charge is 2.34. The van der Waals surface area contributed by atoms with Gasteiger partial charge < -0.3 is 23.7 Å². The summed E-state index contributed by atoms with van der Waals surface area (Å²) in [6.45, 7) is 0.680. The molecule has 0 aromatic rings. The summed E-state index contributed by atoms with van der Waals surface area (Å²) in [5.74, 6) is 2.04. The van der Waals surface area contributed by atoms with E-state index in [1.165, 1.54) is 26.6 Å². The van der Waals surface area contributed by atoms with Crippen LogP contribution in [-0.4, -0.2) is 51.9 Å². The van der Waals surface area contributed by atoms with E-state index in [4.69, 9.17) is 25.4 Å². The number of hydrogen-bond acceptors (Lipinski definition) is 6. The Hall–Kier alpha value is -1.55. The molecule has 0 aliphatic carbocycles. The zero-order valence-corrected chi connectivity index (χ0v) is 11.7. The van der Waals surface area contributed by atoms with Crippen molar-refractivity contribution in [1.29, 1.82) is 0 Å². The first-order chi connectivity index (χ1) is 9.72. The molecule has 1 aliphatic heterocycles. The van der Waals surface area contributed by atoms with Gasteiger partial charge in [-0.05, 0) is 12.8 Å². The minimum Gasteiger partial charge on any atom is -0.495 e. The number of carbonyl (C=O) groups is 1. The minimum atomic E-state index is -0.563. The van der Waals surface area contributed by atoms with Crippen molar-refractivity contribution in [2.45, 2.75) is 31.2 Å². The van der Waals surface area contributed by atoms with E-state index in [0.717, 1.165) is 12.8 Å². The van der Waals surface area contributed by atoms with Gasteiger partial charge in [-0.3, -0.25) is 0 Å². The lowest BCUT2D eigenvalue weighted by molar-refractivity contribution is -0.156. The Morgan fingerprint density at radius 2 is 2.35 bits per heavy atom. The maximum absolute atomic E-state index is 11.0. The molecule has 0 aromatic heterocycles. The summed E-state index contributed by atoms with van der Waals surface area (Å²) >= 11 is 0. The van der Waals surface area contributed by atoms with Gasteiger partial charge in [0, 0.05) is 13.7 Å². The molecule has 0 radical (unpaired) electrons. The number of hydrogen-bond donors (Lipinski definition) is 0. The predicted octanol–water partition coefficient (Wildman–Crippen LogP) is 0.860. The van der Waals surface area contributed by atoms with E-state index in [9.17, 15) is 4.79 Å². The van der Waals surface area contributed by atoms with Crippen molar-refractivity contribution >= 4 is 5.97 Å². The summed E-state index contributed by atoms with van der Waals surface area (Å²) in [6.07, 6.45) is 8.33. The lowest BCUT2D eigenvalue weighted by Gasteiger charge is -2.33. The van der Waals surface area contributed by atoms with Gasteiger partial charge in [0.2, 0.25) is 0 Å². The summed E-state index contributed by atoms with van der Waals surface area (Å²) in [5.41, 5.74) is 0. The number of methoxy groups -OCH3 is 2. The van der Waals surface area contributed by atoms with Crippen LogP contribution in [0.25, 0.3) is 0 Å². The lowest BCUT2D eigenvalue weighted by Crippen LogP contribution is -2.44. The molecular formula is C14H20O6. The summed E-state index contributed by atoms with van der Waals surface area (Å²) in [6, 6.07) is 0. The first-order valence-corrected chi connectivity index (χ1v) is 6.31. The van der Waals surface area contributed by atoms with Gasteiger partial charge in [-0.1, -0.05) is 5.92 Å². The summed E-state index contributed by atoms with van der Waals surface area (Å²) in [4.78, 5) is 11.0. The van der Waals surface area contributed by atoms with Gasteiger partial charge in [-0.2, -0.15) is 0 Å². The van der Waals surface area contributed by atoms with Crippen molar-refractivity contribution < 1.29 is 28.5 Å². The second-order valence-corrected chi connectivity index (χ2v) is 4.14. The number of ether oxygens (including phenoxy) is 5. The summed E-state index contributed by atoms with van der Waals surface area (Å²) < 4.78 is 25.8. The molecule has 20 heavy (non-hydrogen) atoms. The minimum absolute atomic E-state index is 0.0828. The topological polar surface area (TPSA) is 63.2 Å². The third kappa shape index (κ3) is 5.21. The van der Waals surface area contributed by atoms with Gasteiger partial charge in [-0.25, -0.2) is 4.79 Å². The van der Waals surface area contributed by atoms with Gasteiger partial charge in [-0.15, -0.1) is 6.42 Å². The molecule has 1 aliphatic rings. The highest BCUT2D eigenvalue weighted by molar-refractivity contribution is 5.81. The molecule has 0 aromatic carbocycles. The molecule has 3 atom stereocenters. The van der Waals surface area contributed by atoms with Crippen LogP contribution < -0.4 is 0 Å². The predicted molar refractivity (Wildman–Crippen MR) is 70.6 cm³/mol. The van der Waals surface area contributed by atoms with Crippen molar-refractivity contribution in [3.05, 3.63) is 12.3 Å². The first-order valence-electron chi connectivity index (χ1n) is 6.31. The normalized spacial score (nSPS) is 24.1. The zero-order valence-electron chi connectivity index (χ0n) is 11.7. The molecule has 0 spiro atoms. The van der Waals surface area contributed by atoms with Crippen molar-refractivity contribution in [2.24, 2.45) is 0 Å². The molecular weight excluding hydrogens is 264 g/mol. The van der Waals surface area contributed by atoms with Crippen LogP contribution in [0.2, 0.25) is 0 Å². The molecule has 0 bridgehead atoms. The molecule has 0 amide bonds. The third-order valence-electron chi connectivity index (χ3n) is 2.80. The van der Waals surface area contributed by atoms with Gasteiger partial charge in [0.05, 0.1) is 19.4 Å². The molecule has 1 rings (SSSR count). The van der Waals surface area contributed by atoms with E-state index in [-0.39, 0.29) is 12.9 Å². The Bertz CT molecular complexity index is 359. The molecule has 0 saturated carbocycles. The molecule has 1 heterocycles. The molecule has 6 heteroatoms. The SMILES string of the molecule is C#C[C@@H](OCOC)[C@H]1OCCC[C@@H]1O/C=C/C(=O)OC. The van der Waals surface area contributed by atoms with E-state index >= 15 is 0 Å². The molecule has 0 unspecified atom stereocenters. The quantitative estimate of drug-likeness (QED) is 0.227. The second-order valence-electron chi connectivity index (χ2n) is 4.14. The van der Waals surface area contributed by atoms with Crippen LogP contribution >= 0.6 is 0 Å². The van der Waals surface area contributed by atoms with Crippen LogP contribution in [0.3, 0.4) is 0 Å². The zero-order chi connectivity index (χ0) is 14.8. The van der Waals surface area contributed by atoms with Crippen LogP contribution in [0.1, 0.15) is 12.8 Å². The molecule has 1 fully saturated rings. The molecule has 1 saturated heterocycles. The Labute approximate surface area is 119 Å². The number of esters is 1. The van der Waals surface area contributed by atoms with E-state index in [1.807, 2.05) is 0 Å². The van der Waals surface area contributed by atoms with Crippen molar-refractivity contribution in [1.82, 2.24) is 0 Å². The monoisotopic (exact) mass is 284 g/mol. The first kappa shape index (κ1) is 16.5. The third-order valence-corrected chi connectivity index (χ3v) is 2.80. The molecule has 112 valence electrons. The molecule has 0 N–H and O–H groups in total. The fraction of sp³-hybridized carbons (Fsp3) is 0.643. The molecule has 6 nitrogen and oxygen atoms in total. The standard InChI is InChI=1S/C14H20O6/c1-4-11(20-10-16-2)14-12(6-5-8-19-14)18-9-7-13(15)17-3/h1,7,9,11-12,14H,5-6,8,10H2,2-3H3/b9-7+/t11-,12+,14-/m1/s1. The Balaban J connectivity index is 2.58. The van der Waals surface area contributed by atoms with E-state index in [1.54, 1.807) is 0 Å². The van der Waals surface area contributed by atoms with Crippen LogP contribution in [0.5, 0.6) is 0 Å². The summed E-state index contributed by atoms with van der Waals surface area (Å²) in [7, 11) is 2.81. The fourth-order valence-electron chi connectivity index (χ4n) is 1.85.